The van der Waals surface area contributed by atoms with Crippen molar-refractivity contribution in [3.8, 4) is 0 Å². The number of non-ortho nitro benzene ring substituents is 1. The van der Waals surface area contributed by atoms with Crippen molar-refractivity contribution < 1.29 is 9.72 Å². The van der Waals surface area contributed by atoms with Gasteiger partial charge in [0.15, 0.2) is 5.78 Å². The second-order valence-corrected chi connectivity index (χ2v) is 11.8. The number of Topliss-reactive ketones (excluding diaryl/α,β-unsaturated/α-hetero) is 1. The molecule has 2 aliphatic heterocycles. The van der Waals surface area contributed by atoms with Crippen LogP contribution in [0.4, 0.5) is 17.1 Å². The number of nitrogens with one attached hydrogen (secondary N) is 1. The number of allylic oxidation sites excluding steroid dienone is 1. The Morgan fingerprint density at radius 1 is 1.03 bits per heavy atom. The van der Waals surface area contributed by atoms with Gasteiger partial charge in [0.05, 0.1) is 11.0 Å². The van der Waals surface area contributed by atoms with Crippen LogP contribution in [0.25, 0.3) is 16.3 Å². The number of fused-ring (bicyclic) bond motifs is 4. The third kappa shape index (κ3) is 4.08. The van der Waals surface area contributed by atoms with Gasteiger partial charge >= 0.3 is 0 Å². The number of benzene rings is 3. The van der Waals surface area contributed by atoms with Crippen molar-refractivity contribution in [1.82, 2.24) is 0 Å². The number of nitro benzene ring substituents is 1. The molecule has 2 heterocycles. The van der Waals surface area contributed by atoms with E-state index in [1.54, 1.807) is 12.1 Å². The summed E-state index contributed by atoms with van der Waals surface area (Å²) >= 11 is 0. The Morgan fingerprint density at radius 2 is 1.78 bits per heavy atom. The van der Waals surface area contributed by atoms with Gasteiger partial charge in [-0.3, -0.25) is 14.9 Å². The minimum Gasteiger partial charge on any atom is -0.373 e. The zero-order valence-electron chi connectivity index (χ0n) is 21.7. The number of nitrogens with zero attached hydrogens (tertiary/aromatic N) is 2. The van der Waals surface area contributed by atoms with Crippen molar-refractivity contribution in [2.75, 3.05) is 23.3 Å². The molecule has 1 atom stereocenters. The third-order valence-corrected chi connectivity index (χ3v) is 8.40. The van der Waals surface area contributed by atoms with Crippen LogP contribution in [-0.2, 0) is 4.79 Å². The predicted molar refractivity (Wildman–Crippen MR) is 149 cm³/mol. The Labute approximate surface area is 217 Å². The third-order valence-electron chi connectivity index (χ3n) is 8.40. The van der Waals surface area contributed by atoms with Gasteiger partial charge in [-0.2, -0.15) is 0 Å². The molecule has 190 valence electrons. The summed E-state index contributed by atoms with van der Waals surface area (Å²) < 4.78 is 0. The van der Waals surface area contributed by atoms with Crippen molar-refractivity contribution in [2.24, 2.45) is 11.3 Å². The Balaban J connectivity index is 1.58. The molecule has 0 spiro atoms. The molecule has 37 heavy (non-hydrogen) atoms. The fourth-order valence-electron chi connectivity index (χ4n) is 6.49. The van der Waals surface area contributed by atoms with E-state index in [0.717, 1.165) is 76.8 Å². The summed E-state index contributed by atoms with van der Waals surface area (Å²) in [4.78, 5) is 27.7. The van der Waals surface area contributed by atoms with Gasteiger partial charge in [-0.05, 0) is 59.1 Å². The SMILES string of the molecule is CC1CCN(c2ccc([N+](=O)[O-])cc2C2Nc3ccc4ccccc4c3C3=C2C(=O)CC(C)(C)C3)CC1. The summed E-state index contributed by atoms with van der Waals surface area (Å²) in [6, 6.07) is 17.3. The fourth-order valence-corrected chi connectivity index (χ4v) is 6.49. The number of rotatable bonds is 3. The summed E-state index contributed by atoms with van der Waals surface area (Å²) in [6.07, 6.45) is 3.43. The van der Waals surface area contributed by atoms with Gasteiger partial charge in [0, 0.05) is 59.7 Å². The molecule has 3 aliphatic rings. The van der Waals surface area contributed by atoms with Gasteiger partial charge in [0.2, 0.25) is 0 Å². The maximum atomic E-state index is 13.9. The van der Waals surface area contributed by atoms with Crippen LogP contribution in [0.1, 0.15) is 63.6 Å². The van der Waals surface area contributed by atoms with Crippen LogP contribution >= 0.6 is 0 Å². The lowest BCUT2D eigenvalue weighted by molar-refractivity contribution is -0.384. The lowest BCUT2D eigenvalue weighted by atomic mass is 9.67. The molecule has 6 nitrogen and oxygen atoms in total. The van der Waals surface area contributed by atoms with Crippen molar-refractivity contribution >= 4 is 39.2 Å². The average molecular weight is 496 g/mol. The fraction of sp³-hybridized carbons (Fsp3) is 0.387. The van der Waals surface area contributed by atoms with E-state index < -0.39 is 6.04 Å². The summed E-state index contributed by atoms with van der Waals surface area (Å²) in [5.74, 6) is 0.800. The lowest BCUT2D eigenvalue weighted by Crippen LogP contribution is -2.36. The molecule has 1 fully saturated rings. The Kier molecular flexibility index (Phi) is 5.59. The molecule has 6 rings (SSSR count). The number of carbonyl (C=O) groups excluding carboxylic acids is 1. The van der Waals surface area contributed by atoms with Crippen LogP contribution in [0.3, 0.4) is 0 Å². The summed E-state index contributed by atoms with van der Waals surface area (Å²) in [5, 5.41) is 17.8. The Hall–Kier alpha value is -3.67. The number of hydrogen-bond acceptors (Lipinski definition) is 5. The number of nitro groups is 1. The largest absolute Gasteiger partial charge is 0.373 e. The van der Waals surface area contributed by atoms with E-state index in [1.807, 2.05) is 18.2 Å². The molecule has 0 aromatic heterocycles. The normalized spacial score (nSPS) is 21.4. The average Bonchev–Trinajstić information content (AvgIpc) is 2.87. The molecule has 1 unspecified atom stereocenters. The minimum absolute atomic E-state index is 0.0565. The zero-order valence-corrected chi connectivity index (χ0v) is 21.7. The van der Waals surface area contributed by atoms with E-state index in [2.05, 4.69) is 55.3 Å². The van der Waals surface area contributed by atoms with Gasteiger partial charge in [0.1, 0.15) is 0 Å². The van der Waals surface area contributed by atoms with Crippen LogP contribution in [0, 0.1) is 21.4 Å². The molecule has 0 amide bonds. The van der Waals surface area contributed by atoms with E-state index in [4.69, 9.17) is 0 Å². The van der Waals surface area contributed by atoms with Gasteiger partial charge < -0.3 is 10.2 Å². The van der Waals surface area contributed by atoms with Crippen molar-refractivity contribution in [3.05, 3.63) is 81.4 Å². The monoisotopic (exact) mass is 495 g/mol. The maximum Gasteiger partial charge on any atom is 0.269 e. The van der Waals surface area contributed by atoms with Crippen LogP contribution in [-0.4, -0.2) is 23.8 Å². The molecule has 1 aliphatic carbocycles. The molecular weight excluding hydrogens is 462 g/mol. The van der Waals surface area contributed by atoms with E-state index in [1.165, 1.54) is 0 Å². The number of hydrogen-bond donors (Lipinski definition) is 1. The summed E-state index contributed by atoms with van der Waals surface area (Å²) in [7, 11) is 0. The second kappa shape index (κ2) is 8.72. The smallest absolute Gasteiger partial charge is 0.269 e. The lowest BCUT2D eigenvalue weighted by Gasteiger charge is -2.41. The number of piperidine rings is 1. The first-order valence-electron chi connectivity index (χ1n) is 13.3. The first kappa shape index (κ1) is 23.7. The van der Waals surface area contributed by atoms with Crippen molar-refractivity contribution in [1.29, 1.82) is 0 Å². The Morgan fingerprint density at radius 3 is 2.54 bits per heavy atom. The van der Waals surface area contributed by atoms with Crippen molar-refractivity contribution in [2.45, 2.75) is 52.5 Å². The highest BCUT2D eigenvalue weighted by Crippen LogP contribution is 2.53. The molecule has 1 N–H and O–H groups in total. The zero-order chi connectivity index (χ0) is 25.9. The molecule has 6 heteroatoms. The number of anilines is 2. The van der Waals surface area contributed by atoms with Gasteiger partial charge in [-0.25, -0.2) is 0 Å². The summed E-state index contributed by atoms with van der Waals surface area (Å²) in [5.41, 5.74) is 5.66. The van der Waals surface area contributed by atoms with E-state index in [9.17, 15) is 14.9 Å². The number of carbonyl (C=O) groups is 1. The molecule has 0 bridgehead atoms. The Bertz CT molecular complexity index is 1460. The highest BCUT2D eigenvalue weighted by atomic mass is 16.6. The molecule has 1 saturated heterocycles. The maximum absolute atomic E-state index is 13.9. The first-order valence-corrected chi connectivity index (χ1v) is 13.3. The van der Waals surface area contributed by atoms with E-state index in [0.29, 0.717) is 12.3 Å². The predicted octanol–water partition coefficient (Wildman–Crippen LogP) is 7.29. The van der Waals surface area contributed by atoms with Crippen LogP contribution in [0.15, 0.2) is 60.2 Å². The number of ketones is 1. The highest BCUT2D eigenvalue weighted by Gasteiger charge is 2.42. The van der Waals surface area contributed by atoms with E-state index in [-0.39, 0.29) is 21.8 Å². The van der Waals surface area contributed by atoms with Gasteiger partial charge in [-0.15, -0.1) is 0 Å². The second-order valence-electron chi connectivity index (χ2n) is 11.8. The van der Waals surface area contributed by atoms with Gasteiger partial charge in [0.25, 0.3) is 5.69 Å². The standard InChI is InChI=1S/C31H33N3O3/c1-19-12-14-33(15-13-19)26-11-9-21(34(36)37)16-23(26)30-29-24(17-31(2,3)18-27(29)35)28-22-7-5-4-6-20(22)8-10-25(28)32-30/h4-11,16,19,30,32H,12-15,17-18H2,1-3H3. The summed E-state index contributed by atoms with van der Waals surface area (Å²) in [6.45, 7) is 8.41. The molecule has 0 radical (unpaired) electrons. The highest BCUT2D eigenvalue weighted by molar-refractivity contribution is 6.13. The van der Waals surface area contributed by atoms with E-state index >= 15 is 0 Å². The van der Waals surface area contributed by atoms with Gasteiger partial charge in [-0.1, -0.05) is 51.1 Å². The topological polar surface area (TPSA) is 75.5 Å². The minimum atomic E-state index is -0.429. The quantitative estimate of drug-likeness (QED) is 0.305. The van der Waals surface area contributed by atoms with Crippen LogP contribution in [0.5, 0.6) is 0 Å². The first-order chi connectivity index (χ1) is 17.7. The van der Waals surface area contributed by atoms with Crippen LogP contribution < -0.4 is 10.2 Å². The molecular formula is C31H33N3O3. The van der Waals surface area contributed by atoms with Crippen molar-refractivity contribution in [3.63, 3.8) is 0 Å². The molecule has 3 aromatic rings. The van der Waals surface area contributed by atoms with Crippen LogP contribution in [0.2, 0.25) is 0 Å². The molecule has 0 saturated carbocycles. The molecule has 3 aromatic carbocycles.